The normalized spacial score (nSPS) is 14.1. The molecule has 2 unspecified atom stereocenters. The van der Waals surface area contributed by atoms with Crippen molar-refractivity contribution in [2.24, 2.45) is 0 Å². The first-order valence-corrected chi connectivity index (χ1v) is 7.84. The summed E-state index contributed by atoms with van der Waals surface area (Å²) < 4.78 is 8.65. The lowest BCUT2D eigenvalue weighted by atomic mass is 9.96. The quantitative estimate of drug-likeness (QED) is 0.156. The van der Waals surface area contributed by atoms with Crippen LogP contribution in [0.15, 0.2) is 0 Å². The lowest BCUT2D eigenvalue weighted by Crippen LogP contribution is -2.49. The summed E-state index contributed by atoms with van der Waals surface area (Å²) in [6, 6.07) is 0. The second-order valence-electron chi connectivity index (χ2n) is 5.35. The average molecular weight is 426 g/mol. The van der Waals surface area contributed by atoms with E-state index in [1.54, 1.807) is 0 Å². The Morgan fingerprint density at radius 1 is 0.690 bits per heavy atom. The van der Waals surface area contributed by atoms with Crippen LogP contribution in [0.2, 0.25) is 0 Å². The van der Waals surface area contributed by atoms with Crippen LogP contribution in [-0.4, -0.2) is 90.9 Å². The van der Waals surface area contributed by atoms with Gasteiger partial charge in [0.15, 0.2) is 5.60 Å². The van der Waals surface area contributed by atoms with Gasteiger partial charge in [-0.25, -0.2) is 14.4 Å². The zero-order chi connectivity index (χ0) is 23.4. The van der Waals surface area contributed by atoms with Crippen LogP contribution in [0, 0.1) is 0 Å². The van der Waals surface area contributed by atoms with E-state index in [-0.39, 0.29) is 13.2 Å². The molecule has 0 rings (SSSR count). The lowest BCUT2D eigenvalue weighted by molar-refractivity contribution is -0.184. The van der Waals surface area contributed by atoms with Gasteiger partial charge in [-0.15, -0.1) is 0 Å². The monoisotopic (exact) mass is 426 g/mol. The summed E-state index contributed by atoms with van der Waals surface area (Å²) in [5, 5.41) is 52.3. The summed E-state index contributed by atoms with van der Waals surface area (Å²) in [4.78, 5) is 63.3. The van der Waals surface area contributed by atoms with Crippen molar-refractivity contribution < 1.29 is 68.9 Å². The molecule has 0 amide bonds. The van der Waals surface area contributed by atoms with E-state index in [4.69, 9.17) is 20.4 Å². The molecule has 14 heteroatoms. The number of carbonyl (C=O) groups is 6. The van der Waals surface area contributed by atoms with Gasteiger partial charge in [0.25, 0.3) is 5.60 Å². The van der Waals surface area contributed by atoms with Crippen LogP contribution in [0.3, 0.4) is 0 Å². The molecule has 0 aromatic heterocycles. The molecule has 6 N–H and O–H groups in total. The molecule has 0 aliphatic heterocycles. The van der Waals surface area contributed by atoms with Crippen LogP contribution in [0.5, 0.6) is 0 Å². The van der Waals surface area contributed by atoms with Crippen LogP contribution in [0.25, 0.3) is 0 Å². The molecule has 0 aliphatic carbocycles. The van der Waals surface area contributed by atoms with Gasteiger partial charge in [-0.2, -0.15) is 0 Å². The SMILES string of the molecule is CCOC(=O)C(O)(CC(=O)O)C(=O)O.CCOC(=O)CC(O)(CC(=O)O)C(=O)O. The summed E-state index contributed by atoms with van der Waals surface area (Å²) in [5.74, 6) is -9.26. The highest BCUT2D eigenvalue weighted by molar-refractivity contribution is 6.05. The molecule has 0 spiro atoms. The number of ether oxygens (including phenoxy) is 2. The van der Waals surface area contributed by atoms with Crippen LogP contribution in [-0.2, 0) is 38.2 Å². The zero-order valence-corrected chi connectivity index (χ0v) is 15.5. The Hall–Kier alpha value is -3.26. The first kappa shape index (κ1) is 28.0. The number of carboxylic acid groups (broad SMARTS) is 4. The van der Waals surface area contributed by atoms with Crippen molar-refractivity contribution in [1.29, 1.82) is 0 Å². The van der Waals surface area contributed by atoms with E-state index in [0.29, 0.717) is 0 Å². The third-order valence-corrected chi connectivity index (χ3v) is 2.96. The topological polar surface area (TPSA) is 242 Å². The highest BCUT2D eigenvalue weighted by atomic mass is 16.6. The minimum absolute atomic E-state index is 0.0294. The fraction of sp³-hybridized carbons (Fsp3) is 0.600. The number of aliphatic carboxylic acids is 4. The zero-order valence-electron chi connectivity index (χ0n) is 15.5. The minimum atomic E-state index is -3.01. The second kappa shape index (κ2) is 12.2. The van der Waals surface area contributed by atoms with Gasteiger partial charge < -0.3 is 40.1 Å². The molecule has 0 radical (unpaired) electrons. The van der Waals surface area contributed by atoms with Gasteiger partial charge >= 0.3 is 35.8 Å². The Balaban J connectivity index is 0. The van der Waals surface area contributed by atoms with Crippen molar-refractivity contribution in [3.05, 3.63) is 0 Å². The van der Waals surface area contributed by atoms with E-state index in [1.807, 2.05) is 0 Å². The molecule has 29 heavy (non-hydrogen) atoms. The van der Waals surface area contributed by atoms with E-state index in [9.17, 15) is 39.0 Å². The first-order chi connectivity index (χ1) is 13.2. The average Bonchev–Trinajstić information content (AvgIpc) is 2.53. The maximum absolute atomic E-state index is 10.9. The Morgan fingerprint density at radius 2 is 1.14 bits per heavy atom. The van der Waals surface area contributed by atoms with Gasteiger partial charge in [-0.05, 0) is 13.8 Å². The lowest BCUT2D eigenvalue weighted by Gasteiger charge is -2.19. The predicted molar refractivity (Wildman–Crippen MR) is 87.6 cm³/mol. The summed E-state index contributed by atoms with van der Waals surface area (Å²) >= 11 is 0. The molecular formula is C15H22O14. The highest BCUT2D eigenvalue weighted by Gasteiger charge is 2.48. The van der Waals surface area contributed by atoms with Crippen LogP contribution >= 0.6 is 0 Å². The van der Waals surface area contributed by atoms with Gasteiger partial charge in [0.2, 0.25) is 0 Å². The molecule has 0 saturated heterocycles. The van der Waals surface area contributed by atoms with Gasteiger partial charge in [0, 0.05) is 0 Å². The van der Waals surface area contributed by atoms with Crippen molar-refractivity contribution in [2.75, 3.05) is 13.2 Å². The molecular weight excluding hydrogens is 404 g/mol. The predicted octanol–water partition coefficient (Wildman–Crippen LogP) is -1.93. The molecule has 0 heterocycles. The standard InChI is InChI=1S/C8H12O7.C7H10O7/c1-2-15-6(11)4-8(14,7(12)13)3-5(9)10;1-2-14-6(12)7(13,5(10)11)3-4(8)9/h14H,2-4H2,1H3,(H,9,10)(H,12,13);13H,2-3H2,1H3,(H,8,9)(H,10,11). The Morgan fingerprint density at radius 3 is 1.45 bits per heavy atom. The van der Waals surface area contributed by atoms with Crippen LogP contribution in [0.1, 0.15) is 33.1 Å². The Bertz CT molecular complexity index is 641. The number of rotatable bonds is 11. The number of esters is 2. The first-order valence-electron chi connectivity index (χ1n) is 7.84. The molecule has 0 aliphatic rings. The number of carboxylic acids is 4. The van der Waals surface area contributed by atoms with Crippen molar-refractivity contribution in [1.82, 2.24) is 0 Å². The van der Waals surface area contributed by atoms with Crippen molar-refractivity contribution >= 4 is 35.8 Å². The summed E-state index contributed by atoms with van der Waals surface area (Å²) in [7, 11) is 0. The van der Waals surface area contributed by atoms with E-state index in [1.165, 1.54) is 13.8 Å². The number of carbonyl (C=O) groups excluding carboxylic acids is 2. The molecule has 0 aromatic carbocycles. The number of hydrogen-bond donors (Lipinski definition) is 6. The molecule has 0 saturated carbocycles. The summed E-state index contributed by atoms with van der Waals surface area (Å²) in [6.07, 6.45) is -3.18. The summed E-state index contributed by atoms with van der Waals surface area (Å²) in [6.45, 7) is 2.80. The molecule has 14 nitrogen and oxygen atoms in total. The van der Waals surface area contributed by atoms with E-state index >= 15 is 0 Å². The van der Waals surface area contributed by atoms with Crippen molar-refractivity contribution in [3.63, 3.8) is 0 Å². The van der Waals surface area contributed by atoms with Crippen molar-refractivity contribution in [2.45, 2.75) is 44.3 Å². The molecule has 166 valence electrons. The van der Waals surface area contributed by atoms with E-state index in [2.05, 4.69) is 9.47 Å². The van der Waals surface area contributed by atoms with Gasteiger partial charge in [0.05, 0.1) is 32.5 Å². The minimum Gasteiger partial charge on any atom is -0.481 e. The molecule has 2 atom stereocenters. The Kier molecular flexibility index (Phi) is 11.8. The fourth-order valence-electron chi connectivity index (χ4n) is 1.62. The molecule has 0 fully saturated rings. The fourth-order valence-corrected chi connectivity index (χ4v) is 1.62. The van der Waals surface area contributed by atoms with Gasteiger partial charge in [0.1, 0.15) is 0 Å². The smallest absolute Gasteiger partial charge is 0.350 e. The largest absolute Gasteiger partial charge is 0.481 e. The third kappa shape index (κ3) is 10.0. The number of aliphatic hydroxyl groups is 2. The molecule has 0 aromatic rings. The van der Waals surface area contributed by atoms with Crippen LogP contribution in [0.4, 0.5) is 0 Å². The highest BCUT2D eigenvalue weighted by Crippen LogP contribution is 2.17. The van der Waals surface area contributed by atoms with E-state index in [0.717, 1.165) is 0 Å². The van der Waals surface area contributed by atoms with Gasteiger partial charge in [-0.1, -0.05) is 0 Å². The second-order valence-corrected chi connectivity index (χ2v) is 5.35. The van der Waals surface area contributed by atoms with Crippen LogP contribution < -0.4 is 0 Å². The Labute approximate surface area is 163 Å². The maximum atomic E-state index is 10.9. The number of hydrogen-bond acceptors (Lipinski definition) is 10. The third-order valence-electron chi connectivity index (χ3n) is 2.96. The van der Waals surface area contributed by atoms with Gasteiger partial charge in [-0.3, -0.25) is 14.4 Å². The van der Waals surface area contributed by atoms with Crippen molar-refractivity contribution in [3.8, 4) is 0 Å². The maximum Gasteiger partial charge on any atom is 0.350 e. The summed E-state index contributed by atoms with van der Waals surface area (Å²) in [5.41, 5.74) is -5.63. The van der Waals surface area contributed by atoms with E-state index < -0.39 is 66.3 Å². The molecule has 0 bridgehead atoms.